The van der Waals surface area contributed by atoms with E-state index in [2.05, 4.69) is 26.5 Å². The molecule has 3 aromatic carbocycles. The van der Waals surface area contributed by atoms with Crippen LogP contribution in [0.3, 0.4) is 0 Å². The summed E-state index contributed by atoms with van der Waals surface area (Å²) in [5.41, 5.74) is 4.50. The van der Waals surface area contributed by atoms with Crippen LogP contribution in [-0.2, 0) is 6.61 Å². The minimum absolute atomic E-state index is 0.0270. The van der Waals surface area contributed by atoms with Gasteiger partial charge in [-0.25, -0.2) is 5.43 Å². The normalized spacial score (nSPS) is 10.7. The molecule has 0 bridgehead atoms. The highest BCUT2D eigenvalue weighted by molar-refractivity contribution is 9.10. The van der Waals surface area contributed by atoms with Crippen molar-refractivity contribution in [3.05, 3.63) is 98.0 Å². The lowest BCUT2D eigenvalue weighted by molar-refractivity contribution is -0.384. The molecule has 0 unspecified atom stereocenters. The van der Waals surface area contributed by atoms with Crippen molar-refractivity contribution in [2.24, 2.45) is 5.10 Å². The van der Waals surface area contributed by atoms with E-state index in [1.165, 1.54) is 18.3 Å². The van der Waals surface area contributed by atoms with Crippen LogP contribution in [0.5, 0.6) is 11.5 Å². The fourth-order valence-electron chi connectivity index (χ4n) is 2.74. The van der Waals surface area contributed by atoms with Gasteiger partial charge in [-0.3, -0.25) is 14.9 Å². The second kappa shape index (κ2) is 11.1. The number of carbonyl (C=O) groups is 1. The summed E-state index contributed by atoms with van der Waals surface area (Å²) < 4.78 is 12.2. The standard InChI is InChI=1S/C23H20BrN3O5/c1-2-31-22-13-17(14-25-26-23(28)19-5-3-4-6-20(19)24)9-12-21(22)32-15-16-7-10-18(11-8-16)27(29)30/h3-14H,2,15H2,1H3,(H,26,28)/b25-14-. The van der Waals surface area contributed by atoms with Gasteiger partial charge in [0.15, 0.2) is 11.5 Å². The van der Waals surface area contributed by atoms with Crippen molar-refractivity contribution in [2.45, 2.75) is 13.5 Å². The molecular weight excluding hydrogens is 478 g/mol. The van der Waals surface area contributed by atoms with E-state index in [0.29, 0.717) is 33.7 Å². The molecular formula is C23H20BrN3O5. The Bertz CT molecular complexity index is 1130. The van der Waals surface area contributed by atoms with Gasteiger partial charge in [-0.15, -0.1) is 0 Å². The summed E-state index contributed by atoms with van der Waals surface area (Å²) in [6, 6.07) is 18.5. The number of nitrogens with one attached hydrogen (secondary N) is 1. The van der Waals surface area contributed by atoms with E-state index in [0.717, 1.165) is 5.56 Å². The Balaban J connectivity index is 1.65. The molecule has 0 heterocycles. The molecule has 1 amide bonds. The number of nitro groups is 1. The first-order valence-corrected chi connectivity index (χ1v) is 10.5. The first kappa shape index (κ1) is 23.0. The van der Waals surface area contributed by atoms with Crippen LogP contribution in [0.1, 0.15) is 28.4 Å². The highest BCUT2D eigenvalue weighted by Crippen LogP contribution is 2.29. The lowest BCUT2D eigenvalue weighted by atomic mass is 10.2. The monoisotopic (exact) mass is 497 g/mol. The van der Waals surface area contributed by atoms with E-state index in [4.69, 9.17) is 9.47 Å². The zero-order valence-corrected chi connectivity index (χ0v) is 18.7. The third-order valence-electron chi connectivity index (χ3n) is 4.31. The highest BCUT2D eigenvalue weighted by Gasteiger charge is 2.10. The van der Waals surface area contributed by atoms with Gasteiger partial charge in [-0.2, -0.15) is 5.10 Å². The topological polar surface area (TPSA) is 103 Å². The number of amides is 1. The average molecular weight is 498 g/mol. The predicted octanol–water partition coefficient (Wildman–Crippen LogP) is 5.10. The molecule has 32 heavy (non-hydrogen) atoms. The minimum atomic E-state index is -0.445. The van der Waals surface area contributed by atoms with Crippen molar-refractivity contribution < 1.29 is 19.2 Å². The van der Waals surface area contributed by atoms with Gasteiger partial charge >= 0.3 is 0 Å². The molecule has 0 radical (unpaired) electrons. The van der Waals surface area contributed by atoms with E-state index < -0.39 is 4.92 Å². The molecule has 3 aromatic rings. The summed E-state index contributed by atoms with van der Waals surface area (Å²) in [4.78, 5) is 22.5. The van der Waals surface area contributed by atoms with Gasteiger partial charge in [0.05, 0.1) is 23.3 Å². The molecule has 0 atom stereocenters. The second-order valence-electron chi connectivity index (χ2n) is 6.53. The Morgan fingerprint density at radius 2 is 1.84 bits per heavy atom. The maximum absolute atomic E-state index is 12.2. The van der Waals surface area contributed by atoms with E-state index in [1.807, 2.05) is 13.0 Å². The van der Waals surface area contributed by atoms with Gasteiger partial charge in [0.25, 0.3) is 11.6 Å². The lowest BCUT2D eigenvalue weighted by Crippen LogP contribution is -2.18. The highest BCUT2D eigenvalue weighted by atomic mass is 79.9. The second-order valence-corrected chi connectivity index (χ2v) is 7.38. The number of ether oxygens (including phenoxy) is 2. The molecule has 0 aromatic heterocycles. The quantitative estimate of drug-likeness (QED) is 0.251. The largest absolute Gasteiger partial charge is 0.490 e. The van der Waals surface area contributed by atoms with Crippen molar-refractivity contribution in [2.75, 3.05) is 6.61 Å². The van der Waals surface area contributed by atoms with Gasteiger partial charge in [0.1, 0.15) is 6.61 Å². The van der Waals surface area contributed by atoms with Gasteiger partial charge in [0.2, 0.25) is 0 Å². The Hall–Kier alpha value is -3.72. The van der Waals surface area contributed by atoms with Crippen LogP contribution < -0.4 is 14.9 Å². The Labute approximate surface area is 193 Å². The maximum Gasteiger partial charge on any atom is 0.272 e. The summed E-state index contributed by atoms with van der Waals surface area (Å²) in [7, 11) is 0. The lowest BCUT2D eigenvalue weighted by Gasteiger charge is -2.12. The molecule has 9 heteroatoms. The van der Waals surface area contributed by atoms with Gasteiger partial charge in [-0.05, 0) is 76.4 Å². The molecule has 0 aliphatic carbocycles. The number of nitrogens with zero attached hydrogens (tertiary/aromatic N) is 2. The average Bonchev–Trinajstić information content (AvgIpc) is 2.79. The fraction of sp³-hybridized carbons (Fsp3) is 0.130. The van der Waals surface area contributed by atoms with E-state index >= 15 is 0 Å². The van der Waals surface area contributed by atoms with E-state index in [1.54, 1.807) is 48.5 Å². The van der Waals surface area contributed by atoms with Crippen molar-refractivity contribution >= 4 is 33.7 Å². The minimum Gasteiger partial charge on any atom is -0.490 e. The van der Waals surface area contributed by atoms with Crippen LogP contribution in [-0.4, -0.2) is 23.7 Å². The fourth-order valence-corrected chi connectivity index (χ4v) is 3.20. The van der Waals surface area contributed by atoms with Gasteiger partial charge in [0, 0.05) is 16.6 Å². The molecule has 8 nitrogen and oxygen atoms in total. The molecule has 0 spiro atoms. The zero-order chi connectivity index (χ0) is 22.9. The summed E-state index contributed by atoms with van der Waals surface area (Å²) in [6.45, 7) is 2.53. The first-order valence-electron chi connectivity index (χ1n) is 9.69. The third-order valence-corrected chi connectivity index (χ3v) is 5.00. The summed E-state index contributed by atoms with van der Waals surface area (Å²) >= 11 is 3.34. The predicted molar refractivity (Wildman–Crippen MR) is 124 cm³/mol. The van der Waals surface area contributed by atoms with Crippen LogP contribution in [0.4, 0.5) is 5.69 Å². The van der Waals surface area contributed by atoms with Crippen LogP contribution >= 0.6 is 15.9 Å². The summed E-state index contributed by atoms with van der Waals surface area (Å²) in [6.07, 6.45) is 1.51. The molecule has 0 saturated heterocycles. The SMILES string of the molecule is CCOc1cc(/C=N\NC(=O)c2ccccc2Br)ccc1OCc1ccc([N+](=O)[O-])cc1. The van der Waals surface area contributed by atoms with E-state index in [9.17, 15) is 14.9 Å². The summed E-state index contributed by atoms with van der Waals surface area (Å²) in [5.74, 6) is 0.719. The number of hydrogen-bond donors (Lipinski definition) is 1. The Kier molecular flexibility index (Phi) is 7.93. The zero-order valence-electron chi connectivity index (χ0n) is 17.2. The van der Waals surface area contributed by atoms with E-state index in [-0.39, 0.29) is 18.2 Å². The third kappa shape index (κ3) is 6.14. The van der Waals surface area contributed by atoms with Crippen molar-refractivity contribution in [3.63, 3.8) is 0 Å². The van der Waals surface area contributed by atoms with Gasteiger partial charge in [-0.1, -0.05) is 12.1 Å². The molecule has 1 N–H and O–H groups in total. The number of hydrazone groups is 1. The Morgan fingerprint density at radius 3 is 2.53 bits per heavy atom. The number of carbonyl (C=O) groups excluding carboxylic acids is 1. The smallest absolute Gasteiger partial charge is 0.272 e. The number of rotatable bonds is 9. The number of halogens is 1. The number of benzene rings is 3. The van der Waals surface area contributed by atoms with Gasteiger partial charge < -0.3 is 9.47 Å². The number of nitro benzene ring substituents is 1. The van der Waals surface area contributed by atoms with Crippen molar-refractivity contribution in [3.8, 4) is 11.5 Å². The number of hydrogen-bond acceptors (Lipinski definition) is 6. The van der Waals surface area contributed by atoms with Crippen molar-refractivity contribution in [1.29, 1.82) is 0 Å². The number of non-ortho nitro benzene ring substituents is 1. The van der Waals surface area contributed by atoms with Crippen LogP contribution in [0.2, 0.25) is 0 Å². The maximum atomic E-state index is 12.2. The van der Waals surface area contributed by atoms with Crippen LogP contribution in [0.25, 0.3) is 0 Å². The molecule has 3 rings (SSSR count). The van der Waals surface area contributed by atoms with Crippen molar-refractivity contribution in [1.82, 2.24) is 5.43 Å². The first-order chi connectivity index (χ1) is 15.5. The van der Waals surface area contributed by atoms with Crippen LogP contribution in [0.15, 0.2) is 76.3 Å². The Morgan fingerprint density at radius 1 is 1.09 bits per heavy atom. The molecule has 0 fully saturated rings. The molecule has 0 saturated carbocycles. The molecule has 0 aliphatic rings. The molecule has 0 aliphatic heterocycles. The molecule has 164 valence electrons. The van der Waals surface area contributed by atoms with Crippen LogP contribution in [0, 0.1) is 10.1 Å². The summed E-state index contributed by atoms with van der Waals surface area (Å²) in [5, 5.41) is 14.8.